The third-order valence-corrected chi connectivity index (χ3v) is 11.8. The Kier molecular flexibility index (Phi) is 6.51. The van der Waals surface area contributed by atoms with Gasteiger partial charge in [-0.05, 0) is 106 Å². The summed E-state index contributed by atoms with van der Waals surface area (Å²) in [6.45, 7) is 14.5. The number of hydrogen-bond acceptors (Lipinski definition) is 0. The molecule has 4 aromatic carbocycles. The molecule has 0 fully saturated rings. The van der Waals surface area contributed by atoms with Gasteiger partial charge in [0.2, 0.25) is 11.2 Å². The maximum atomic E-state index is 2.72. The van der Waals surface area contributed by atoms with Crippen LogP contribution >= 0.6 is 0 Å². The van der Waals surface area contributed by atoms with E-state index >= 15 is 0 Å². The van der Waals surface area contributed by atoms with E-state index in [-0.39, 0.29) is 11.0 Å². The second-order valence-corrected chi connectivity index (χ2v) is 14.4. The lowest BCUT2D eigenvalue weighted by molar-refractivity contribution is -0.726. The normalized spacial score (nSPS) is 19.2. The molecule has 0 saturated heterocycles. The Morgan fingerprint density at radius 2 is 1.42 bits per heavy atom. The van der Waals surface area contributed by atoms with Crippen LogP contribution in [0.5, 0.6) is 0 Å². The van der Waals surface area contributed by atoms with Crippen LogP contribution in [0.2, 0.25) is 0 Å². The highest BCUT2D eigenvalue weighted by Crippen LogP contribution is 2.58. The van der Waals surface area contributed by atoms with Crippen molar-refractivity contribution in [1.29, 1.82) is 0 Å². The number of rotatable bonds is 7. The summed E-state index contributed by atoms with van der Waals surface area (Å²) in [6.07, 6.45) is 13.6. The van der Waals surface area contributed by atoms with E-state index in [0.29, 0.717) is 11.8 Å². The van der Waals surface area contributed by atoms with Gasteiger partial charge in [0.25, 0.3) is 0 Å². The van der Waals surface area contributed by atoms with Crippen LogP contribution in [0.25, 0.3) is 43.9 Å². The number of fused-ring (bicyclic) bond motifs is 4. The smallest absolute Gasteiger partial charge is 0.184 e. The maximum absolute atomic E-state index is 2.72. The summed E-state index contributed by atoms with van der Waals surface area (Å²) >= 11 is 0. The monoisotopic (exact) mass is 588 g/mol. The number of allylic oxidation sites excluding steroid dienone is 4. The van der Waals surface area contributed by atoms with E-state index in [0.717, 1.165) is 6.42 Å². The quantitative estimate of drug-likeness (QED) is 0.167. The summed E-state index contributed by atoms with van der Waals surface area (Å²) < 4.78 is 2.72. The lowest BCUT2D eigenvalue weighted by atomic mass is 9.65. The van der Waals surface area contributed by atoms with Gasteiger partial charge < -0.3 is 0 Å². The van der Waals surface area contributed by atoms with E-state index in [2.05, 4.69) is 143 Å². The first-order chi connectivity index (χ1) is 21.9. The minimum absolute atomic E-state index is 0.156. The second kappa shape index (κ2) is 10.3. The van der Waals surface area contributed by atoms with Gasteiger partial charge in [0.05, 0.1) is 10.9 Å². The molecule has 2 aliphatic carbocycles. The van der Waals surface area contributed by atoms with Crippen molar-refractivity contribution < 1.29 is 4.57 Å². The van der Waals surface area contributed by atoms with Gasteiger partial charge in [-0.1, -0.05) is 108 Å². The zero-order chi connectivity index (χ0) is 31.1. The lowest BCUT2D eigenvalue weighted by Gasteiger charge is -2.34. The zero-order valence-electron chi connectivity index (χ0n) is 27.9. The maximum Gasteiger partial charge on any atom is 0.222 e. The van der Waals surface area contributed by atoms with Gasteiger partial charge in [-0.25, -0.2) is 0 Å². The summed E-state index contributed by atoms with van der Waals surface area (Å²) in [4.78, 5) is 0. The first-order valence-corrected chi connectivity index (χ1v) is 17.4. The molecule has 0 N–H and O–H groups in total. The minimum Gasteiger partial charge on any atom is -0.184 e. The van der Waals surface area contributed by atoms with Gasteiger partial charge in [-0.3, -0.25) is 0 Å². The van der Waals surface area contributed by atoms with Crippen molar-refractivity contribution >= 4 is 21.5 Å². The fourth-order valence-electron chi connectivity index (χ4n) is 9.47. The molecule has 8 rings (SSSR count). The van der Waals surface area contributed by atoms with E-state index in [9.17, 15) is 0 Å². The Morgan fingerprint density at radius 3 is 2.16 bits per heavy atom. The molecule has 1 atom stereocenters. The fraction of sp³-hybridized carbons (Fsp3) is 0.341. The van der Waals surface area contributed by atoms with Crippen molar-refractivity contribution in [1.82, 2.24) is 0 Å². The molecule has 45 heavy (non-hydrogen) atoms. The molecule has 1 unspecified atom stereocenters. The minimum atomic E-state index is -0.224. The number of hydrogen-bond donors (Lipinski definition) is 0. The van der Waals surface area contributed by atoms with E-state index < -0.39 is 0 Å². The topological polar surface area (TPSA) is 3.88 Å². The molecule has 1 spiro atoms. The highest BCUT2D eigenvalue weighted by molar-refractivity contribution is 6.08. The fourth-order valence-corrected chi connectivity index (χ4v) is 9.47. The SMILES string of the molecule is CCC(CC)C1=CC2(CC(C(CC)CC)=C1)c1cc3ccccc3c3c1-c1c4c(cc(-c5ccccc5)cc4cc[n+]12)C3(C)C. The zero-order valence-corrected chi connectivity index (χ0v) is 27.9. The van der Waals surface area contributed by atoms with Crippen LogP contribution in [0.3, 0.4) is 0 Å². The summed E-state index contributed by atoms with van der Waals surface area (Å²) in [5.41, 5.74) is 12.8. The Hall–Kier alpha value is -3.97. The molecule has 1 nitrogen and oxygen atoms in total. The third-order valence-electron chi connectivity index (χ3n) is 11.8. The van der Waals surface area contributed by atoms with Crippen LogP contribution in [0, 0.1) is 11.8 Å². The molecule has 5 aromatic rings. The summed E-state index contributed by atoms with van der Waals surface area (Å²) in [7, 11) is 0. The van der Waals surface area contributed by atoms with Crippen molar-refractivity contribution in [2.75, 3.05) is 0 Å². The van der Waals surface area contributed by atoms with Crippen molar-refractivity contribution in [2.24, 2.45) is 11.8 Å². The largest absolute Gasteiger partial charge is 0.222 e. The third kappa shape index (κ3) is 3.89. The van der Waals surface area contributed by atoms with Crippen molar-refractivity contribution in [3.05, 3.63) is 125 Å². The van der Waals surface area contributed by atoms with Gasteiger partial charge in [-0.15, -0.1) is 0 Å². The predicted octanol–water partition coefficient (Wildman–Crippen LogP) is 11.4. The molecule has 1 aromatic heterocycles. The first kappa shape index (κ1) is 28.5. The van der Waals surface area contributed by atoms with E-state index in [1.165, 1.54) is 86.3 Å². The molecule has 3 aliphatic rings. The van der Waals surface area contributed by atoms with Crippen molar-refractivity contribution in [2.45, 2.75) is 84.6 Å². The van der Waals surface area contributed by atoms with Crippen LogP contribution in [0.4, 0.5) is 0 Å². The number of aromatic nitrogens is 1. The average molecular weight is 589 g/mol. The molecule has 0 saturated carbocycles. The van der Waals surface area contributed by atoms with Crippen LogP contribution < -0.4 is 4.57 Å². The molecular formula is C44H46N+. The van der Waals surface area contributed by atoms with E-state index in [1.54, 1.807) is 11.1 Å². The van der Waals surface area contributed by atoms with Crippen LogP contribution in [0.15, 0.2) is 108 Å². The predicted molar refractivity (Wildman–Crippen MR) is 191 cm³/mol. The van der Waals surface area contributed by atoms with Crippen molar-refractivity contribution in [3.63, 3.8) is 0 Å². The van der Waals surface area contributed by atoms with Gasteiger partial charge in [0.15, 0.2) is 6.20 Å². The standard InChI is InChI=1S/C44H46N/c1-7-28(8-2)34-23-35(29(9-3)10-4)27-44(26-34)38-24-31-18-14-15-19-36(31)41-40(38)42-39-32(20-21-45(42)44)22-33(25-37(39)43(41,5)6)30-16-12-11-13-17-30/h11-26,28-29H,7-10,27H2,1-6H3/q+1. The van der Waals surface area contributed by atoms with Crippen molar-refractivity contribution in [3.8, 4) is 22.4 Å². The van der Waals surface area contributed by atoms with Gasteiger partial charge in [0, 0.05) is 23.5 Å². The van der Waals surface area contributed by atoms with Gasteiger partial charge in [0.1, 0.15) is 0 Å². The van der Waals surface area contributed by atoms with E-state index in [4.69, 9.17) is 0 Å². The second-order valence-electron chi connectivity index (χ2n) is 14.4. The lowest BCUT2D eigenvalue weighted by Crippen LogP contribution is -2.55. The molecule has 1 heteroatoms. The molecular weight excluding hydrogens is 542 g/mol. The van der Waals surface area contributed by atoms with E-state index in [1.807, 2.05) is 0 Å². The summed E-state index contributed by atoms with van der Waals surface area (Å²) in [5.74, 6) is 1.18. The molecule has 1 aliphatic heterocycles. The highest BCUT2D eigenvalue weighted by Gasteiger charge is 2.56. The molecule has 2 heterocycles. The molecule has 0 amide bonds. The Labute approximate surface area is 269 Å². The highest BCUT2D eigenvalue weighted by atomic mass is 15.1. The molecule has 226 valence electrons. The van der Waals surface area contributed by atoms with Crippen LogP contribution in [-0.4, -0.2) is 0 Å². The van der Waals surface area contributed by atoms with Crippen LogP contribution in [-0.2, 0) is 11.0 Å². The van der Waals surface area contributed by atoms with Gasteiger partial charge in [-0.2, -0.15) is 4.57 Å². The Balaban J connectivity index is 1.52. The number of pyridine rings is 1. The Morgan fingerprint density at radius 1 is 0.711 bits per heavy atom. The number of nitrogens with zero attached hydrogens (tertiary/aromatic N) is 1. The number of benzene rings is 4. The molecule has 0 radical (unpaired) electrons. The molecule has 0 bridgehead atoms. The average Bonchev–Trinajstić information content (AvgIpc) is 3.32. The van der Waals surface area contributed by atoms with Crippen LogP contribution in [0.1, 0.15) is 90.3 Å². The first-order valence-electron chi connectivity index (χ1n) is 17.4. The van der Waals surface area contributed by atoms with Gasteiger partial charge >= 0.3 is 0 Å². The summed E-state index contributed by atoms with van der Waals surface area (Å²) in [6, 6.07) is 30.0. The Bertz CT molecular complexity index is 2050. The summed E-state index contributed by atoms with van der Waals surface area (Å²) in [5, 5.41) is 5.55.